The van der Waals surface area contributed by atoms with Gasteiger partial charge >= 0.3 is 11.8 Å². The molecule has 0 aliphatic heterocycles. The molecule has 0 aliphatic carbocycles. The summed E-state index contributed by atoms with van der Waals surface area (Å²) in [5.41, 5.74) is 4.10. The topological polar surface area (TPSA) is 41.9 Å². The predicted molar refractivity (Wildman–Crippen MR) is 139 cm³/mol. The number of carbonyl (C=O) groups excluding carboxylic acids is 2. The highest BCUT2D eigenvalue weighted by Crippen LogP contribution is 2.21. The molecule has 4 rings (SSSR count). The highest BCUT2D eigenvalue weighted by Gasteiger charge is 2.16. The molecule has 0 atom stereocenters. The Bertz CT molecular complexity index is 1180. The van der Waals surface area contributed by atoms with E-state index >= 15 is 0 Å². The quantitative estimate of drug-likeness (QED) is 0.191. The summed E-state index contributed by atoms with van der Waals surface area (Å²) in [6.45, 7) is 0. The number of carbonyl (C=O) groups is 2. The predicted octanol–water partition coefficient (Wildman–Crippen LogP) is -1.09. The zero-order valence-electron chi connectivity index (χ0n) is 17.9. The second kappa shape index (κ2) is 13.6. The fraction of sp³-hybridized carbons (Fsp3) is 0.0769. The summed E-state index contributed by atoms with van der Waals surface area (Å²) in [6, 6.07) is 23.8. The number of aromatic nitrogens is 2. The Morgan fingerprint density at radius 3 is 1.26 bits per heavy atom. The largest absolute Gasteiger partial charge is 1.00 e. The lowest BCUT2D eigenvalue weighted by Crippen LogP contribution is -3.00. The van der Waals surface area contributed by atoms with E-state index in [1.165, 1.54) is 0 Å². The maximum absolute atomic E-state index is 12.5. The van der Waals surface area contributed by atoms with E-state index in [0.717, 1.165) is 29.4 Å². The Balaban J connectivity index is 0.00000204. The molecular weight excluding hydrogens is 786 g/mol. The highest BCUT2D eigenvalue weighted by atomic mass is 127. The summed E-state index contributed by atoms with van der Waals surface area (Å²) in [5.74, 6) is 0.0764. The molecule has 0 spiro atoms. The first-order valence-electron chi connectivity index (χ1n) is 10.1. The van der Waals surface area contributed by atoms with Crippen LogP contribution in [0.5, 0.6) is 0 Å². The Morgan fingerprint density at radius 1 is 0.588 bits per heavy atom. The van der Waals surface area contributed by atoms with Crippen molar-refractivity contribution in [2.45, 2.75) is 12.8 Å². The average Bonchev–Trinajstić information content (AvgIpc) is 2.80. The van der Waals surface area contributed by atoms with E-state index in [2.05, 4.69) is 45.2 Å². The van der Waals surface area contributed by atoms with Crippen LogP contribution in [0.2, 0.25) is 0 Å². The van der Waals surface area contributed by atoms with Gasteiger partial charge in [-0.2, -0.15) is 0 Å². The van der Waals surface area contributed by atoms with Crippen LogP contribution in [0.1, 0.15) is 20.7 Å². The molecule has 8 heteroatoms. The smallest absolute Gasteiger partial charge is 0.396 e. The van der Waals surface area contributed by atoms with Gasteiger partial charge in [0.15, 0.2) is 24.8 Å². The summed E-state index contributed by atoms with van der Waals surface area (Å²) in [4.78, 5) is 25.0. The molecule has 2 aromatic heterocycles. The van der Waals surface area contributed by atoms with Gasteiger partial charge in [0, 0.05) is 12.1 Å². The van der Waals surface area contributed by atoms with E-state index in [9.17, 15) is 9.59 Å². The first-order valence-corrected chi connectivity index (χ1v) is 12.2. The van der Waals surface area contributed by atoms with Crippen LogP contribution in [-0.4, -0.2) is 11.8 Å². The number of hydrogen-bond donors (Lipinski definition) is 0. The number of halogens is 4. The third-order valence-corrected chi connectivity index (χ3v) is 6.33. The van der Waals surface area contributed by atoms with Crippen molar-refractivity contribution in [1.82, 2.24) is 0 Å². The van der Waals surface area contributed by atoms with Crippen LogP contribution >= 0.6 is 45.2 Å². The minimum absolute atomic E-state index is 0. The van der Waals surface area contributed by atoms with E-state index in [1.54, 1.807) is 21.5 Å². The van der Waals surface area contributed by atoms with Crippen LogP contribution in [0.15, 0.2) is 97.6 Å². The van der Waals surface area contributed by atoms with Crippen LogP contribution in [-0.2, 0) is 12.8 Å². The van der Waals surface area contributed by atoms with Gasteiger partial charge in [-0.1, -0.05) is 48.5 Å². The van der Waals surface area contributed by atoms with Gasteiger partial charge in [0.1, 0.15) is 0 Å². The Morgan fingerprint density at radius 2 is 0.941 bits per heavy atom. The van der Waals surface area contributed by atoms with E-state index in [0.29, 0.717) is 12.8 Å². The Hall–Kier alpha value is -1.50. The van der Waals surface area contributed by atoms with Gasteiger partial charge in [0.05, 0.1) is 20.0 Å². The monoisotopic (exact) mass is 804 g/mol. The van der Waals surface area contributed by atoms with Crippen molar-refractivity contribution in [2.75, 3.05) is 0 Å². The normalized spacial score (nSPS) is 10.1. The lowest BCUT2D eigenvalue weighted by Gasteiger charge is -2.05. The van der Waals surface area contributed by atoms with Gasteiger partial charge in [0.25, 0.3) is 0 Å². The Kier molecular flexibility index (Phi) is 11.5. The summed E-state index contributed by atoms with van der Waals surface area (Å²) in [6.07, 6.45) is 7.93. The van der Waals surface area contributed by atoms with Crippen molar-refractivity contribution in [1.29, 1.82) is 0 Å². The fourth-order valence-electron chi connectivity index (χ4n) is 3.37. The van der Waals surface area contributed by atoms with E-state index in [1.807, 2.05) is 85.2 Å². The van der Waals surface area contributed by atoms with Crippen molar-refractivity contribution >= 4 is 57.0 Å². The maximum atomic E-state index is 12.5. The van der Waals surface area contributed by atoms with Crippen molar-refractivity contribution in [3.63, 3.8) is 0 Å². The van der Waals surface area contributed by atoms with Gasteiger partial charge < -0.3 is 34.0 Å². The van der Waals surface area contributed by atoms with Crippen LogP contribution in [0.3, 0.4) is 0 Å². The van der Waals surface area contributed by atoms with Crippen molar-refractivity contribution in [2.24, 2.45) is 0 Å². The van der Waals surface area contributed by atoms with Crippen LogP contribution in [0.25, 0.3) is 11.1 Å². The van der Waals surface area contributed by atoms with Crippen LogP contribution in [0.4, 0.5) is 0 Å². The van der Waals surface area contributed by atoms with Gasteiger partial charge in [0.2, 0.25) is 0 Å². The van der Waals surface area contributed by atoms with Gasteiger partial charge in [-0.25, -0.2) is 9.59 Å². The van der Waals surface area contributed by atoms with E-state index < -0.39 is 0 Å². The molecule has 4 nitrogen and oxygen atoms in total. The van der Waals surface area contributed by atoms with Gasteiger partial charge in [-0.05, 0) is 79.6 Å². The second-order valence-corrected chi connectivity index (χ2v) is 9.89. The molecule has 2 aromatic carbocycles. The molecule has 0 fully saturated rings. The van der Waals surface area contributed by atoms with Crippen molar-refractivity contribution in [3.05, 3.63) is 116 Å². The minimum atomic E-state index is 0. The molecule has 2 heterocycles. The summed E-state index contributed by atoms with van der Waals surface area (Å²) >= 11 is 4.40. The van der Waals surface area contributed by atoms with Crippen LogP contribution < -0.4 is 43.1 Å². The van der Waals surface area contributed by atoms with Gasteiger partial charge in [-0.3, -0.25) is 0 Å². The molecule has 0 unspecified atom stereocenters. The maximum Gasteiger partial charge on any atom is 0.396 e. The first-order chi connectivity index (χ1) is 15.5. The lowest BCUT2D eigenvalue weighted by atomic mass is 10.0. The summed E-state index contributed by atoms with van der Waals surface area (Å²) < 4.78 is 5.31. The molecule has 0 radical (unpaired) electrons. The number of benzene rings is 2. The minimum Gasteiger partial charge on any atom is -1.00 e. The molecule has 0 N–H and O–H groups in total. The zero-order chi connectivity index (χ0) is 22.5. The first kappa shape index (κ1) is 28.7. The molecule has 174 valence electrons. The molecule has 0 saturated carbocycles. The summed E-state index contributed by atoms with van der Waals surface area (Å²) in [7, 11) is 0. The second-order valence-electron chi connectivity index (χ2n) is 7.39. The molecule has 0 bridgehead atoms. The van der Waals surface area contributed by atoms with Crippen LogP contribution in [0, 0.1) is 7.14 Å². The third kappa shape index (κ3) is 7.76. The lowest BCUT2D eigenvalue weighted by molar-refractivity contribution is -0.575. The zero-order valence-corrected chi connectivity index (χ0v) is 25.4. The molecule has 0 aliphatic rings. The third-order valence-electron chi connectivity index (χ3n) is 5.06. The van der Waals surface area contributed by atoms with Crippen molar-refractivity contribution < 1.29 is 52.7 Å². The van der Waals surface area contributed by atoms with Crippen molar-refractivity contribution in [3.8, 4) is 11.1 Å². The molecule has 0 amide bonds. The number of nitrogens with zero attached hydrogens (tertiary/aromatic N) is 2. The SMILES string of the molecule is O=C(Cc1ccc(-c2ccc(CC(=O)[n+]3cccc(I)c3)cc2)cc1)[n+]1cccc(I)c1.[Br-].[Br-]. The molecule has 0 saturated heterocycles. The molecule has 4 aromatic rings. The average molecular weight is 806 g/mol. The van der Waals surface area contributed by atoms with E-state index in [4.69, 9.17) is 0 Å². The number of rotatable bonds is 5. The molecular formula is C26H20Br2I2N2O2. The number of pyridine rings is 2. The summed E-state index contributed by atoms with van der Waals surface area (Å²) in [5, 5.41) is 0. The van der Waals surface area contributed by atoms with E-state index in [-0.39, 0.29) is 45.8 Å². The highest BCUT2D eigenvalue weighted by molar-refractivity contribution is 14.1. The Labute approximate surface area is 247 Å². The standard InChI is InChI=1S/C26H20I2N2O2.2BrH/c27-23-3-1-13-29(17-23)25(31)15-19-5-9-21(10-6-19)22-11-7-20(8-12-22)16-26(32)30-14-2-4-24(28)18-30;;/h1-14,17-18H,15-16H2;2*1H/q+2;;/p-2. The number of hydrogen-bond acceptors (Lipinski definition) is 2. The molecule has 34 heavy (non-hydrogen) atoms. The fourth-order valence-corrected chi connectivity index (χ4v) is 4.38. The van der Waals surface area contributed by atoms with Gasteiger partial charge in [-0.15, -0.1) is 9.13 Å².